The van der Waals surface area contributed by atoms with Gasteiger partial charge in [-0.1, -0.05) is 13.8 Å². The molecule has 0 saturated heterocycles. The molecule has 0 rings (SSSR count). The van der Waals surface area contributed by atoms with Gasteiger partial charge >= 0.3 is 0 Å². The predicted octanol–water partition coefficient (Wildman–Crippen LogP) is 0.122. The molecule has 5 heteroatoms. The van der Waals surface area contributed by atoms with Crippen molar-refractivity contribution in [2.24, 2.45) is 5.92 Å². The van der Waals surface area contributed by atoms with Gasteiger partial charge in [-0.05, 0) is 13.0 Å². The van der Waals surface area contributed by atoms with E-state index in [1.165, 1.54) is 10.6 Å². The molecule has 0 saturated carbocycles. The lowest BCUT2D eigenvalue weighted by Crippen LogP contribution is -2.43. The van der Waals surface area contributed by atoms with Gasteiger partial charge in [0.25, 0.3) is 0 Å². The minimum Gasteiger partial charge on any atom is -0.315 e. The summed E-state index contributed by atoms with van der Waals surface area (Å²) in [6, 6.07) is 0.208. The fourth-order valence-corrected chi connectivity index (χ4v) is 1.48. The first-order valence-electron chi connectivity index (χ1n) is 4.37. The van der Waals surface area contributed by atoms with Gasteiger partial charge in [-0.3, -0.25) is 0 Å². The largest absolute Gasteiger partial charge is 0.315 e. The maximum absolute atomic E-state index is 11.1. The van der Waals surface area contributed by atoms with Crippen molar-refractivity contribution in [2.75, 3.05) is 26.9 Å². The Bertz CT molecular complexity index is 237. The monoisotopic (exact) mass is 208 g/mol. The Balaban J connectivity index is 4.26. The molecule has 0 aliphatic heterocycles. The summed E-state index contributed by atoms with van der Waals surface area (Å²) < 4.78 is 23.6. The summed E-state index contributed by atoms with van der Waals surface area (Å²) in [6.45, 7) is 4.65. The molecule has 0 aliphatic carbocycles. The summed E-state index contributed by atoms with van der Waals surface area (Å²) in [5.41, 5.74) is 0. The summed E-state index contributed by atoms with van der Waals surface area (Å²) >= 11 is 0. The highest BCUT2D eigenvalue weighted by atomic mass is 32.2. The molecular weight excluding hydrogens is 188 g/mol. The van der Waals surface area contributed by atoms with Gasteiger partial charge < -0.3 is 5.32 Å². The molecule has 1 N–H and O–H groups in total. The molecular formula is C8H20N2O2S. The lowest BCUT2D eigenvalue weighted by Gasteiger charge is -2.24. The van der Waals surface area contributed by atoms with Gasteiger partial charge in [0.15, 0.2) is 0 Å². The van der Waals surface area contributed by atoms with Crippen LogP contribution in [0.1, 0.15) is 13.8 Å². The zero-order valence-electron chi connectivity index (χ0n) is 9.03. The van der Waals surface area contributed by atoms with Gasteiger partial charge in [0.05, 0.1) is 6.26 Å². The second-order valence-electron chi connectivity index (χ2n) is 3.68. The van der Waals surface area contributed by atoms with E-state index in [9.17, 15) is 8.42 Å². The van der Waals surface area contributed by atoms with E-state index in [2.05, 4.69) is 19.2 Å². The lowest BCUT2D eigenvalue weighted by molar-refractivity contribution is 0.346. The molecule has 0 heterocycles. The van der Waals surface area contributed by atoms with E-state index in [1.807, 2.05) is 7.05 Å². The Kier molecular flexibility index (Phi) is 4.88. The van der Waals surface area contributed by atoms with Crippen molar-refractivity contribution in [2.45, 2.75) is 19.9 Å². The Morgan fingerprint density at radius 2 is 1.85 bits per heavy atom. The highest BCUT2D eigenvalue weighted by molar-refractivity contribution is 7.88. The molecule has 0 aromatic rings. The Morgan fingerprint density at radius 1 is 1.38 bits per heavy atom. The molecule has 0 fully saturated rings. The Morgan fingerprint density at radius 3 is 2.08 bits per heavy atom. The third-order valence-electron chi connectivity index (χ3n) is 2.20. The van der Waals surface area contributed by atoms with Crippen LogP contribution in [0.4, 0.5) is 0 Å². The van der Waals surface area contributed by atoms with Crippen LogP contribution in [0.5, 0.6) is 0 Å². The summed E-state index contributed by atoms with van der Waals surface area (Å²) in [7, 11) is 0.399. The highest BCUT2D eigenvalue weighted by Crippen LogP contribution is 2.04. The fourth-order valence-electron chi connectivity index (χ4n) is 1.05. The molecule has 0 unspecified atom stereocenters. The van der Waals surface area contributed by atoms with Crippen molar-refractivity contribution in [3.8, 4) is 0 Å². The van der Waals surface area contributed by atoms with Crippen LogP contribution in [0.15, 0.2) is 0 Å². The van der Waals surface area contributed by atoms with Crippen LogP contribution in [0.3, 0.4) is 0 Å². The number of likely N-dealkylation sites (N-methyl/N-ethyl adjacent to an activating group) is 2. The van der Waals surface area contributed by atoms with E-state index < -0.39 is 10.0 Å². The van der Waals surface area contributed by atoms with E-state index >= 15 is 0 Å². The molecule has 0 aromatic heterocycles. The Labute approximate surface area is 81.4 Å². The van der Waals surface area contributed by atoms with Crippen molar-refractivity contribution in [1.29, 1.82) is 0 Å². The maximum Gasteiger partial charge on any atom is 0.211 e. The average molecular weight is 208 g/mol. The van der Waals surface area contributed by atoms with Gasteiger partial charge in [-0.15, -0.1) is 0 Å². The van der Waals surface area contributed by atoms with Crippen molar-refractivity contribution >= 4 is 10.0 Å². The zero-order valence-corrected chi connectivity index (χ0v) is 9.85. The molecule has 0 amide bonds. The van der Waals surface area contributed by atoms with Crippen molar-refractivity contribution < 1.29 is 8.42 Å². The Hall–Kier alpha value is -0.130. The first-order valence-corrected chi connectivity index (χ1v) is 6.22. The van der Waals surface area contributed by atoms with Gasteiger partial charge in [0, 0.05) is 19.6 Å². The van der Waals surface area contributed by atoms with Crippen molar-refractivity contribution in [1.82, 2.24) is 9.62 Å². The van der Waals surface area contributed by atoms with E-state index in [0.29, 0.717) is 12.5 Å². The second-order valence-corrected chi connectivity index (χ2v) is 5.77. The smallest absolute Gasteiger partial charge is 0.211 e. The standard InChI is InChI=1S/C8H20N2O2S/c1-7(2)8(9-3)6-10(4)13(5,11)12/h7-9H,6H2,1-5H3/t8-/m1/s1. The third-order valence-corrected chi connectivity index (χ3v) is 3.48. The van der Waals surface area contributed by atoms with Gasteiger partial charge in [-0.25, -0.2) is 12.7 Å². The highest BCUT2D eigenvalue weighted by Gasteiger charge is 2.18. The average Bonchev–Trinajstić information content (AvgIpc) is 1.96. The predicted molar refractivity (Wildman–Crippen MR) is 55.2 cm³/mol. The lowest BCUT2D eigenvalue weighted by atomic mass is 10.1. The van der Waals surface area contributed by atoms with Gasteiger partial charge in [-0.2, -0.15) is 0 Å². The van der Waals surface area contributed by atoms with Crippen LogP contribution in [0.2, 0.25) is 0 Å². The van der Waals surface area contributed by atoms with E-state index in [4.69, 9.17) is 0 Å². The summed E-state index contributed by atoms with van der Waals surface area (Å²) in [5, 5.41) is 3.10. The minimum absolute atomic E-state index is 0.208. The number of sulfonamides is 1. The maximum atomic E-state index is 11.1. The van der Waals surface area contributed by atoms with Crippen molar-refractivity contribution in [3.05, 3.63) is 0 Å². The molecule has 0 aromatic carbocycles. The third kappa shape index (κ3) is 4.59. The van der Waals surface area contributed by atoms with Crippen LogP contribution in [0, 0.1) is 5.92 Å². The van der Waals surface area contributed by atoms with Gasteiger partial charge in [0.2, 0.25) is 10.0 Å². The molecule has 80 valence electrons. The number of hydrogen-bond donors (Lipinski definition) is 1. The summed E-state index contributed by atoms with van der Waals surface area (Å²) in [4.78, 5) is 0. The van der Waals surface area contributed by atoms with Crippen LogP contribution in [-0.2, 0) is 10.0 Å². The normalized spacial score (nSPS) is 15.3. The first-order chi connectivity index (χ1) is 5.79. The fraction of sp³-hybridized carbons (Fsp3) is 1.00. The molecule has 1 atom stereocenters. The molecule has 13 heavy (non-hydrogen) atoms. The van der Waals surface area contributed by atoms with E-state index in [0.717, 1.165) is 0 Å². The number of nitrogens with zero attached hydrogens (tertiary/aromatic N) is 1. The molecule has 0 bridgehead atoms. The SMILES string of the molecule is CN[C@H](CN(C)S(C)(=O)=O)C(C)C. The molecule has 0 radical (unpaired) electrons. The first kappa shape index (κ1) is 12.9. The molecule has 4 nitrogen and oxygen atoms in total. The number of nitrogens with one attached hydrogen (secondary N) is 1. The van der Waals surface area contributed by atoms with Gasteiger partial charge in [0.1, 0.15) is 0 Å². The minimum atomic E-state index is -3.05. The molecule has 0 aliphatic rings. The molecule has 0 spiro atoms. The van der Waals surface area contributed by atoms with E-state index in [1.54, 1.807) is 7.05 Å². The second kappa shape index (κ2) is 4.93. The number of rotatable bonds is 5. The van der Waals surface area contributed by atoms with Crippen molar-refractivity contribution in [3.63, 3.8) is 0 Å². The summed E-state index contributed by atoms with van der Waals surface area (Å²) in [6.07, 6.45) is 1.22. The van der Waals surface area contributed by atoms with Crippen LogP contribution >= 0.6 is 0 Å². The van der Waals surface area contributed by atoms with Crippen LogP contribution < -0.4 is 5.32 Å². The van der Waals surface area contributed by atoms with E-state index in [-0.39, 0.29) is 6.04 Å². The number of hydrogen-bond acceptors (Lipinski definition) is 3. The quantitative estimate of drug-likeness (QED) is 0.698. The zero-order chi connectivity index (χ0) is 10.6. The van der Waals surface area contributed by atoms with Crippen LogP contribution in [-0.4, -0.2) is 45.7 Å². The topological polar surface area (TPSA) is 49.4 Å². The summed E-state index contributed by atoms with van der Waals surface area (Å²) in [5.74, 6) is 0.425. The van der Waals surface area contributed by atoms with Crippen LogP contribution in [0.25, 0.3) is 0 Å².